The summed E-state index contributed by atoms with van der Waals surface area (Å²) in [6.45, 7) is 7.54. The Balaban J connectivity index is 2.18. The van der Waals surface area contributed by atoms with Crippen LogP contribution in [0.15, 0.2) is 0 Å². The van der Waals surface area contributed by atoms with Crippen LogP contribution in [0.4, 0.5) is 0 Å². The summed E-state index contributed by atoms with van der Waals surface area (Å²) in [4.78, 5) is 0. The third-order valence-corrected chi connectivity index (χ3v) is 5.60. The van der Waals surface area contributed by atoms with Gasteiger partial charge in [0.15, 0.2) is 0 Å². The lowest BCUT2D eigenvalue weighted by Gasteiger charge is -2.49. The minimum atomic E-state index is -0.495. The van der Waals surface area contributed by atoms with Gasteiger partial charge in [0, 0.05) is 12.0 Å². The average molecular weight is 239 g/mol. The highest BCUT2D eigenvalue weighted by molar-refractivity contribution is 5.07. The molecule has 0 spiro atoms. The van der Waals surface area contributed by atoms with E-state index in [1.165, 1.54) is 12.8 Å². The van der Waals surface area contributed by atoms with Gasteiger partial charge >= 0.3 is 0 Å². The van der Waals surface area contributed by atoms with E-state index in [2.05, 4.69) is 20.8 Å². The molecule has 0 aromatic heterocycles. The van der Waals surface area contributed by atoms with Crippen molar-refractivity contribution in [2.24, 2.45) is 22.5 Å². The predicted molar refractivity (Wildman–Crippen MR) is 71.7 cm³/mol. The zero-order chi connectivity index (χ0) is 12.7. The van der Waals surface area contributed by atoms with E-state index in [-0.39, 0.29) is 5.41 Å². The number of nitrogens with two attached hydrogens (primary N) is 1. The second-order valence-electron chi connectivity index (χ2n) is 7.54. The van der Waals surface area contributed by atoms with Gasteiger partial charge in [-0.25, -0.2) is 0 Å². The zero-order valence-corrected chi connectivity index (χ0v) is 11.8. The molecule has 1 unspecified atom stereocenters. The fraction of sp³-hybridized carbons (Fsp3) is 1.00. The summed E-state index contributed by atoms with van der Waals surface area (Å²) in [5.74, 6) is 0.813. The van der Waals surface area contributed by atoms with Crippen molar-refractivity contribution in [3.8, 4) is 0 Å². The minimum Gasteiger partial charge on any atom is -0.389 e. The van der Waals surface area contributed by atoms with Gasteiger partial charge in [-0.2, -0.15) is 0 Å². The Hall–Kier alpha value is -0.0800. The maximum atomic E-state index is 11.1. The van der Waals surface area contributed by atoms with E-state index < -0.39 is 5.60 Å². The van der Waals surface area contributed by atoms with Gasteiger partial charge in [-0.05, 0) is 43.4 Å². The molecule has 2 nitrogen and oxygen atoms in total. The average Bonchev–Trinajstić information content (AvgIpc) is 2.56. The van der Waals surface area contributed by atoms with E-state index in [0.29, 0.717) is 12.0 Å². The Morgan fingerprint density at radius 3 is 2.12 bits per heavy atom. The summed E-state index contributed by atoms with van der Waals surface area (Å²) in [6.07, 6.45) is 7.74. The molecule has 0 radical (unpaired) electrons. The van der Waals surface area contributed by atoms with Crippen molar-refractivity contribution in [3.63, 3.8) is 0 Å². The molecule has 0 aromatic carbocycles. The number of aliphatic hydroxyl groups is 1. The third kappa shape index (κ3) is 2.26. The lowest BCUT2D eigenvalue weighted by molar-refractivity contribution is -0.104. The Bertz CT molecular complexity index is 279. The zero-order valence-electron chi connectivity index (χ0n) is 11.8. The van der Waals surface area contributed by atoms with Gasteiger partial charge in [0.1, 0.15) is 0 Å². The van der Waals surface area contributed by atoms with Gasteiger partial charge in [0.25, 0.3) is 0 Å². The molecule has 3 N–H and O–H groups in total. The van der Waals surface area contributed by atoms with Gasteiger partial charge in [-0.3, -0.25) is 0 Å². The first-order valence-corrected chi connectivity index (χ1v) is 7.25. The summed E-state index contributed by atoms with van der Waals surface area (Å²) >= 11 is 0. The van der Waals surface area contributed by atoms with Crippen LogP contribution in [0.2, 0.25) is 0 Å². The van der Waals surface area contributed by atoms with Gasteiger partial charge in [0.2, 0.25) is 0 Å². The fourth-order valence-electron chi connectivity index (χ4n) is 4.14. The molecule has 0 aromatic rings. The topological polar surface area (TPSA) is 46.2 Å². The molecule has 0 aliphatic heterocycles. The van der Waals surface area contributed by atoms with Crippen LogP contribution in [0, 0.1) is 16.7 Å². The maximum Gasteiger partial charge on any atom is 0.0721 e. The summed E-state index contributed by atoms with van der Waals surface area (Å²) < 4.78 is 0. The Kier molecular flexibility index (Phi) is 3.33. The van der Waals surface area contributed by atoms with Crippen molar-refractivity contribution >= 4 is 0 Å². The van der Waals surface area contributed by atoms with E-state index in [9.17, 15) is 5.11 Å². The molecule has 2 aliphatic carbocycles. The van der Waals surface area contributed by atoms with Gasteiger partial charge < -0.3 is 10.8 Å². The van der Waals surface area contributed by atoms with E-state index in [1.54, 1.807) is 0 Å². The Morgan fingerprint density at radius 1 is 1.12 bits per heavy atom. The largest absolute Gasteiger partial charge is 0.389 e. The summed E-state index contributed by atoms with van der Waals surface area (Å²) in [7, 11) is 0. The predicted octanol–water partition coefficient (Wildman–Crippen LogP) is 3.08. The fourth-order valence-corrected chi connectivity index (χ4v) is 4.14. The molecule has 17 heavy (non-hydrogen) atoms. The lowest BCUT2D eigenvalue weighted by atomic mass is 9.60. The van der Waals surface area contributed by atoms with Crippen molar-refractivity contribution in [2.45, 2.75) is 71.3 Å². The third-order valence-electron chi connectivity index (χ3n) is 5.60. The molecule has 2 heteroatoms. The van der Waals surface area contributed by atoms with Crippen LogP contribution in [0.5, 0.6) is 0 Å². The van der Waals surface area contributed by atoms with Crippen molar-refractivity contribution in [3.05, 3.63) is 0 Å². The quantitative estimate of drug-likeness (QED) is 0.778. The van der Waals surface area contributed by atoms with Gasteiger partial charge in [-0.1, -0.05) is 33.6 Å². The lowest BCUT2D eigenvalue weighted by Crippen LogP contribution is -2.53. The van der Waals surface area contributed by atoms with Crippen molar-refractivity contribution in [1.29, 1.82) is 0 Å². The van der Waals surface area contributed by atoms with Crippen LogP contribution in [-0.4, -0.2) is 17.3 Å². The van der Waals surface area contributed by atoms with E-state index in [0.717, 1.165) is 38.0 Å². The highest BCUT2D eigenvalue weighted by Crippen LogP contribution is 2.56. The summed E-state index contributed by atoms with van der Waals surface area (Å²) in [5, 5.41) is 11.1. The van der Waals surface area contributed by atoms with Crippen LogP contribution in [0.3, 0.4) is 0 Å². The molecule has 0 saturated heterocycles. The molecule has 2 aliphatic rings. The Morgan fingerprint density at radius 2 is 1.71 bits per heavy atom. The minimum absolute atomic E-state index is 0.00722. The number of hydrogen-bond acceptors (Lipinski definition) is 2. The van der Waals surface area contributed by atoms with E-state index >= 15 is 0 Å². The number of rotatable bonds is 2. The highest BCUT2D eigenvalue weighted by atomic mass is 16.3. The second-order valence-corrected chi connectivity index (χ2v) is 7.54. The first-order valence-electron chi connectivity index (χ1n) is 7.25. The van der Waals surface area contributed by atoms with Crippen LogP contribution in [-0.2, 0) is 0 Å². The van der Waals surface area contributed by atoms with Crippen LogP contribution in [0.25, 0.3) is 0 Å². The highest BCUT2D eigenvalue weighted by Gasteiger charge is 2.55. The van der Waals surface area contributed by atoms with E-state index in [1.807, 2.05) is 0 Å². The molecule has 2 fully saturated rings. The molecule has 100 valence electrons. The molecule has 0 heterocycles. The monoisotopic (exact) mass is 239 g/mol. The molecule has 0 amide bonds. The standard InChI is InChI=1S/C15H29NO/c1-12-4-6-14(11-16,7-5-12)15(17)9-8-13(2,3)10-15/h12,17H,4-11,16H2,1-3H3. The normalized spacial score (nSPS) is 46.1. The van der Waals surface area contributed by atoms with E-state index in [4.69, 9.17) is 5.73 Å². The number of hydrogen-bond donors (Lipinski definition) is 2. The molecular weight excluding hydrogens is 210 g/mol. The first-order chi connectivity index (χ1) is 7.83. The SMILES string of the molecule is CC1CCC(CN)(C2(O)CCC(C)(C)C2)CC1. The molecular formula is C15H29NO. The maximum absolute atomic E-state index is 11.1. The molecule has 2 saturated carbocycles. The summed E-state index contributed by atoms with van der Waals surface area (Å²) in [5.41, 5.74) is 5.88. The first kappa shape index (κ1) is 13.4. The molecule has 0 bridgehead atoms. The molecule has 2 rings (SSSR count). The second kappa shape index (κ2) is 4.24. The smallest absolute Gasteiger partial charge is 0.0721 e. The Labute approximate surface area is 106 Å². The van der Waals surface area contributed by atoms with Gasteiger partial charge in [-0.15, -0.1) is 0 Å². The molecule has 1 atom stereocenters. The van der Waals surface area contributed by atoms with Crippen LogP contribution in [0.1, 0.15) is 65.7 Å². The van der Waals surface area contributed by atoms with Crippen LogP contribution < -0.4 is 5.73 Å². The van der Waals surface area contributed by atoms with Crippen molar-refractivity contribution in [1.82, 2.24) is 0 Å². The van der Waals surface area contributed by atoms with Crippen molar-refractivity contribution < 1.29 is 5.11 Å². The van der Waals surface area contributed by atoms with Gasteiger partial charge in [0.05, 0.1) is 5.60 Å². The van der Waals surface area contributed by atoms with Crippen LogP contribution >= 0.6 is 0 Å². The van der Waals surface area contributed by atoms with Crippen molar-refractivity contribution in [2.75, 3.05) is 6.54 Å². The summed E-state index contributed by atoms with van der Waals surface area (Å²) in [6, 6.07) is 0.